The molecule has 2 rings (SSSR count). The molecule has 96 valence electrons. The Morgan fingerprint density at radius 1 is 1.42 bits per heavy atom. The first-order chi connectivity index (χ1) is 9.13. The lowest BCUT2D eigenvalue weighted by Gasteiger charge is -2.03. The molecule has 4 nitrogen and oxygen atoms in total. The summed E-state index contributed by atoms with van der Waals surface area (Å²) in [4.78, 5) is 11.3. The van der Waals surface area contributed by atoms with Gasteiger partial charge in [0, 0.05) is 11.6 Å². The van der Waals surface area contributed by atoms with Gasteiger partial charge in [-0.25, -0.2) is 0 Å². The summed E-state index contributed by atoms with van der Waals surface area (Å²) in [5.41, 5.74) is 7.96. The van der Waals surface area contributed by atoms with E-state index in [1.54, 1.807) is 12.1 Å². The zero-order valence-electron chi connectivity index (χ0n) is 10.6. The third-order valence-electron chi connectivity index (χ3n) is 2.89. The Morgan fingerprint density at radius 3 is 2.68 bits per heavy atom. The molecule has 0 radical (unpaired) electrons. The van der Waals surface area contributed by atoms with Gasteiger partial charge in [0.05, 0.1) is 5.56 Å². The summed E-state index contributed by atoms with van der Waals surface area (Å²) in [6.07, 6.45) is 6.61. The summed E-state index contributed by atoms with van der Waals surface area (Å²) in [6, 6.07) is 3.64. The first kappa shape index (κ1) is 12.8. The number of hydrogen-bond acceptors (Lipinski definition) is 3. The summed E-state index contributed by atoms with van der Waals surface area (Å²) < 4.78 is 5.43. The number of rotatable bonds is 4. The molecule has 1 aromatic carbocycles. The number of fused-ring (bicyclic) bond motifs is 1. The van der Waals surface area contributed by atoms with Crippen molar-refractivity contribution < 1.29 is 9.21 Å². The normalized spacial score (nSPS) is 11.0. The molecule has 0 atom stereocenters. The molecule has 0 fully saturated rings. The number of carbonyl (C=O) groups excluding carboxylic acids is 1. The average Bonchev–Trinajstić information content (AvgIpc) is 2.77. The van der Waals surface area contributed by atoms with Crippen molar-refractivity contribution in [1.29, 1.82) is 5.41 Å². The van der Waals surface area contributed by atoms with Gasteiger partial charge < -0.3 is 15.6 Å². The van der Waals surface area contributed by atoms with Crippen LogP contribution in [0.5, 0.6) is 0 Å². The Bertz CT molecular complexity index is 708. The number of carbonyl (C=O) groups is 1. The van der Waals surface area contributed by atoms with Crippen molar-refractivity contribution in [2.75, 3.05) is 0 Å². The molecule has 2 aromatic rings. The third-order valence-corrected chi connectivity index (χ3v) is 2.89. The summed E-state index contributed by atoms with van der Waals surface area (Å²) in [5.74, 6) is -0.678. The predicted molar refractivity (Wildman–Crippen MR) is 77.4 cm³/mol. The predicted octanol–water partition coefficient (Wildman–Crippen LogP) is 3.21. The summed E-state index contributed by atoms with van der Waals surface area (Å²) in [5, 5.41) is 8.16. The fourth-order valence-corrected chi connectivity index (χ4v) is 2.12. The lowest BCUT2D eigenvalue weighted by Crippen LogP contribution is -2.11. The van der Waals surface area contributed by atoms with Crippen molar-refractivity contribution in [3.05, 3.63) is 47.2 Å². The highest BCUT2D eigenvalue weighted by atomic mass is 16.3. The van der Waals surface area contributed by atoms with Gasteiger partial charge in [-0.3, -0.25) is 4.79 Å². The maximum absolute atomic E-state index is 11.3. The van der Waals surface area contributed by atoms with E-state index >= 15 is 0 Å². The van der Waals surface area contributed by atoms with E-state index in [0.29, 0.717) is 16.5 Å². The molecule has 0 unspecified atom stereocenters. The van der Waals surface area contributed by atoms with Crippen LogP contribution in [0.4, 0.5) is 0 Å². The van der Waals surface area contributed by atoms with Crippen LogP contribution >= 0.6 is 0 Å². The Balaban J connectivity index is 2.94. The van der Waals surface area contributed by atoms with E-state index in [0.717, 1.165) is 17.3 Å². The molecule has 4 heteroatoms. The third kappa shape index (κ3) is 1.97. The van der Waals surface area contributed by atoms with Crippen LogP contribution in [0, 0.1) is 5.41 Å². The zero-order valence-corrected chi connectivity index (χ0v) is 10.6. The number of hydrogen-bond donors (Lipinski definition) is 2. The molecule has 0 aliphatic rings. The average molecular weight is 254 g/mol. The van der Waals surface area contributed by atoms with E-state index in [-0.39, 0.29) is 5.76 Å². The van der Waals surface area contributed by atoms with Gasteiger partial charge in [0.15, 0.2) is 0 Å². The fraction of sp³-hybridized carbons (Fsp3) is 0.0667. The number of furan rings is 1. The highest BCUT2D eigenvalue weighted by Gasteiger charge is 2.19. The molecule has 0 bridgehead atoms. The molecule has 3 N–H and O–H groups in total. The minimum absolute atomic E-state index is 0.00530. The van der Waals surface area contributed by atoms with Crippen LogP contribution < -0.4 is 5.73 Å². The van der Waals surface area contributed by atoms with E-state index in [1.165, 1.54) is 0 Å². The Hall–Kier alpha value is -2.62. The van der Waals surface area contributed by atoms with Crippen molar-refractivity contribution in [3.63, 3.8) is 0 Å². The van der Waals surface area contributed by atoms with E-state index in [4.69, 9.17) is 15.6 Å². The smallest absolute Gasteiger partial charge is 0.285 e. The maximum atomic E-state index is 11.3. The monoisotopic (exact) mass is 254 g/mol. The van der Waals surface area contributed by atoms with Crippen LogP contribution in [-0.4, -0.2) is 12.1 Å². The van der Waals surface area contributed by atoms with Gasteiger partial charge in [-0.05, 0) is 24.1 Å². The van der Waals surface area contributed by atoms with Gasteiger partial charge in [0.1, 0.15) is 5.58 Å². The second-order valence-corrected chi connectivity index (χ2v) is 4.00. The SMILES string of the molecule is C=Cc1c(/C=C\C)ccc2oc(C(N)=O)c(C=N)c12. The standard InChI is InChI=1S/C15H14N2O2/c1-3-5-9-6-7-12-13(10(9)4-2)11(8-16)14(19-12)15(17)18/h3-8,16H,2H2,1H3,(H2,17,18)/b5-3-,16-8?. The Labute approximate surface area is 110 Å². The van der Waals surface area contributed by atoms with Crippen LogP contribution in [0.3, 0.4) is 0 Å². The zero-order chi connectivity index (χ0) is 14.0. The summed E-state index contributed by atoms with van der Waals surface area (Å²) in [6.45, 7) is 5.70. The van der Waals surface area contributed by atoms with Crippen LogP contribution in [-0.2, 0) is 0 Å². The van der Waals surface area contributed by atoms with Crippen molar-refractivity contribution >= 4 is 35.2 Å². The number of primary amides is 1. The van der Waals surface area contributed by atoms with E-state index in [9.17, 15) is 4.79 Å². The number of allylic oxidation sites excluding steroid dienone is 1. The molecule has 0 saturated heterocycles. The highest BCUT2D eigenvalue weighted by molar-refractivity contribution is 6.11. The first-order valence-electron chi connectivity index (χ1n) is 5.79. The molecular formula is C15H14N2O2. The quantitative estimate of drug-likeness (QED) is 0.821. The van der Waals surface area contributed by atoms with Crippen molar-refractivity contribution in [2.45, 2.75) is 6.92 Å². The van der Waals surface area contributed by atoms with E-state index in [2.05, 4.69) is 6.58 Å². The first-order valence-corrected chi connectivity index (χ1v) is 5.79. The molecule has 1 aromatic heterocycles. The molecule has 1 amide bonds. The second-order valence-electron chi connectivity index (χ2n) is 4.00. The molecule has 19 heavy (non-hydrogen) atoms. The fourth-order valence-electron chi connectivity index (χ4n) is 2.12. The minimum atomic E-state index is -0.683. The van der Waals surface area contributed by atoms with Crippen LogP contribution in [0.1, 0.15) is 34.2 Å². The van der Waals surface area contributed by atoms with Gasteiger partial charge in [-0.2, -0.15) is 0 Å². The molecule has 0 aliphatic heterocycles. The number of amides is 1. The summed E-state index contributed by atoms with van der Waals surface area (Å²) in [7, 11) is 0. The van der Waals surface area contributed by atoms with Crippen LogP contribution in [0.2, 0.25) is 0 Å². The number of benzene rings is 1. The molecular weight excluding hydrogens is 240 g/mol. The van der Waals surface area contributed by atoms with Crippen LogP contribution in [0.15, 0.2) is 29.2 Å². The van der Waals surface area contributed by atoms with Gasteiger partial charge in [-0.1, -0.05) is 30.9 Å². The van der Waals surface area contributed by atoms with E-state index in [1.807, 2.05) is 25.1 Å². The lowest BCUT2D eigenvalue weighted by molar-refractivity contribution is 0.0976. The van der Waals surface area contributed by atoms with Gasteiger partial charge >= 0.3 is 0 Å². The molecule has 0 aliphatic carbocycles. The van der Waals surface area contributed by atoms with Crippen molar-refractivity contribution in [1.82, 2.24) is 0 Å². The van der Waals surface area contributed by atoms with Gasteiger partial charge in [0.2, 0.25) is 5.76 Å². The second kappa shape index (κ2) is 4.94. The van der Waals surface area contributed by atoms with Gasteiger partial charge in [-0.15, -0.1) is 0 Å². The minimum Gasteiger partial charge on any atom is -0.450 e. The topological polar surface area (TPSA) is 80.1 Å². The number of nitrogens with one attached hydrogen (secondary N) is 1. The van der Waals surface area contributed by atoms with Crippen molar-refractivity contribution in [3.8, 4) is 0 Å². The summed E-state index contributed by atoms with van der Waals surface area (Å²) >= 11 is 0. The maximum Gasteiger partial charge on any atom is 0.285 e. The Kier molecular flexibility index (Phi) is 3.33. The Morgan fingerprint density at radius 2 is 2.16 bits per heavy atom. The van der Waals surface area contributed by atoms with Gasteiger partial charge in [0.25, 0.3) is 5.91 Å². The highest BCUT2D eigenvalue weighted by Crippen LogP contribution is 2.31. The van der Waals surface area contributed by atoms with E-state index < -0.39 is 5.91 Å². The molecule has 0 saturated carbocycles. The number of nitrogens with two attached hydrogens (primary N) is 1. The largest absolute Gasteiger partial charge is 0.450 e. The lowest BCUT2D eigenvalue weighted by atomic mass is 9.99. The van der Waals surface area contributed by atoms with Crippen molar-refractivity contribution in [2.24, 2.45) is 5.73 Å². The molecule has 1 heterocycles. The van der Waals surface area contributed by atoms with Crippen LogP contribution in [0.25, 0.3) is 23.1 Å². The molecule has 0 spiro atoms.